The van der Waals surface area contributed by atoms with Crippen LogP contribution in [-0.4, -0.2) is 22.4 Å². The zero-order valence-corrected chi connectivity index (χ0v) is 11.3. The van der Waals surface area contributed by atoms with Gasteiger partial charge in [-0.05, 0) is 18.2 Å². The van der Waals surface area contributed by atoms with Crippen molar-refractivity contribution in [3.05, 3.63) is 11.7 Å². The van der Waals surface area contributed by atoms with Gasteiger partial charge in [0.25, 0.3) is 0 Å². The fourth-order valence-corrected chi connectivity index (χ4v) is 1.98. The average molecular weight is 243 g/mol. The molecule has 0 radical (unpaired) electrons. The van der Waals surface area contributed by atoms with Gasteiger partial charge >= 0.3 is 0 Å². The maximum Gasteiger partial charge on any atom is 0.236 e. The molecule has 92 valence electrons. The maximum absolute atomic E-state index is 5.55. The van der Waals surface area contributed by atoms with E-state index in [2.05, 4.69) is 37.8 Å². The monoisotopic (exact) mass is 243 g/mol. The molecule has 0 amide bonds. The second-order valence-electron chi connectivity index (χ2n) is 5.12. The predicted molar refractivity (Wildman–Crippen MR) is 67.4 cm³/mol. The minimum atomic E-state index is -0.0447. The largest absolute Gasteiger partial charge is 0.338 e. The molecule has 0 saturated carbocycles. The van der Waals surface area contributed by atoms with E-state index in [1.807, 2.05) is 0 Å². The molecule has 5 heteroatoms. The standard InChI is InChI=1S/C11H21N3OS/c1-8(5-12)6-16-7-9-13-10(14-15-9)11(2,3)4/h8H,5-7,12H2,1-4H3. The van der Waals surface area contributed by atoms with Crippen LogP contribution >= 0.6 is 11.8 Å². The highest BCUT2D eigenvalue weighted by atomic mass is 32.2. The Morgan fingerprint density at radius 3 is 2.62 bits per heavy atom. The number of nitrogens with two attached hydrogens (primary N) is 1. The van der Waals surface area contributed by atoms with E-state index in [4.69, 9.17) is 10.3 Å². The average Bonchev–Trinajstić information content (AvgIpc) is 2.65. The van der Waals surface area contributed by atoms with E-state index >= 15 is 0 Å². The van der Waals surface area contributed by atoms with E-state index in [0.29, 0.717) is 11.8 Å². The molecule has 1 aromatic heterocycles. The summed E-state index contributed by atoms with van der Waals surface area (Å²) < 4.78 is 5.19. The van der Waals surface area contributed by atoms with Gasteiger partial charge in [-0.1, -0.05) is 32.9 Å². The highest BCUT2D eigenvalue weighted by Crippen LogP contribution is 2.20. The van der Waals surface area contributed by atoms with Crippen molar-refractivity contribution >= 4 is 11.8 Å². The SMILES string of the molecule is CC(CN)CSCc1nc(C(C)(C)C)no1. The summed E-state index contributed by atoms with van der Waals surface area (Å²) in [6.45, 7) is 9.09. The van der Waals surface area contributed by atoms with Gasteiger partial charge < -0.3 is 10.3 Å². The van der Waals surface area contributed by atoms with Crippen molar-refractivity contribution in [2.45, 2.75) is 38.9 Å². The summed E-state index contributed by atoms with van der Waals surface area (Å²) >= 11 is 1.79. The topological polar surface area (TPSA) is 64.9 Å². The smallest absolute Gasteiger partial charge is 0.236 e. The molecule has 0 aliphatic heterocycles. The van der Waals surface area contributed by atoms with E-state index in [9.17, 15) is 0 Å². The van der Waals surface area contributed by atoms with Crippen molar-refractivity contribution in [1.29, 1.82) is 0 Å². The summed E-state index contributed by atoms with van der Waals surface area (Å²) in [4.78, 5) is 4.37. The summed E-state index contributed by atoms with van der Waals surface area (Å²) in [7, 11) is 0. The Kier molecular flexibility index (Phi) is 4.80. The van der Waals surface area contributed by atoms with Crippen LogP contribution in [0.1, 0.15) is 39.4 Å². The third kappa shape index (κ3) is 4.14. The summed E-state index contributed by atoms with van der Waals surface area (Å²) in [5, 5.41) is 3.98. The van der Waals surface area contributed by atoms with Crippen LogP contribution < -0.4 is 5.73 Å². The van der Waals surface area contributed by atoms with E-state index in [1.54, 1.807) is 11.8 Å². The Labute approximate surface area is 101 Å². The number of hydrogen-bond acceptors (Lipinski definition) is 5. The molecule has 0 saturated heterocycles. The molecule has 16 heavy (non-hydrogen) atoms. The number of thioether (sulfide) groups is 1. The van der Waals surface area contributed by atoms with Gasteiger partial charge in [-0.15, -0.1) is 0 Å². The third-order valence-corrected chi connectivity index (χ3v) is 3.42. The Morgan fingerprint density at radius 2 is 2.12 bits per heavy atom. The summed E-state index contributed by atoms with van der Waals surface area (Å²) in [5.41, 5.74) is 5.50. The fraction of sp³-hybridized carbons (Fsp3) is 0.818. The van der Waals surface area contributed by atoms with E-state index < -0.39 is 0 Å². The molecule has 1 unspecified atom stereocenters. The lowest BCUT2D eigenvalue weighted by Gasteiger charge is -2.10. The Hall–Kier alpha value is -0.550. The molecule has 1 aromatic rings. The lowest BCUT2D eigenvalue weighted by atomic mass is 9.96. The van der Waals surface area contributed by atoms with Crippen molar-refractivity contribution in [1.82, 2.24) is 10.1 Å². The molecule has 1 rings (SSSR count). The number of nitrogens with zero attached hydrogens (tertiary/aromatic N) is 2. The van der Waals surface area contributed by atoms with Gasteiger partial charge in [0.2, 0.25) is 5.89 Å². The lowest BCUT2D eigenvalue weighted by molar-refractivity contribution is 0.373. The molecule has 0 bridgehead atoms. The number of rotatable bonds is 5. The van der Waals surface area contributed by atoms with Crippen LogP contribution in [0.15, 0.2) is 4.52 Å². The Bertz CT molecular complexity index is 319. The van der Waals surface area contributed by atoms with Crippen LogP contribution in [0.2, 0.25) is 0 Å². The normalized spacial score (nSPS) is 14.1. The molecule has 0 aromatic carbocycles. The number of hydrogen-bond donors (Lipinski definition) is 1. The van der Waals surface area contributed by atoms with Gasteiger partial charge in [0.1, 0.15) is 0 Å². The molecule has 0 aliphatic rings. The zero-order chi connectivity index (χ0) is 12.2. The van der Waals surface area contributed by atoms with Gasteiger partial charge in [0.15, 0.2) is 5.82 Å². The predicted octanol–water partition coefficient (Wildman–Crippen LogP) is 2.20. The van der Waals surface area contributed by atoms with Gasteiger partial charge in [0.05, 0.1) is 5.75 Å². The zero-order valence-electron chi connectivity index (χ0n) is 10.5. The quantitative estimate of drug-likeness (QED) is 0.858. The van der Waals surface area contributed by atoms with Gasteiger partial charge in [0, 0.05) is 5.41 Å². The Balaban J connectivity index is 2.41. The molecule has 0 aliphatic carbocycles. The van der Waals surface area contributed by atoms with Gasteiger partial charge in [-0.25, -0.2) is 0 Å². The molecule has 0 fully saturated rings. The summed E-state index contributed by atoms with van der Waals surface area (Å²) in [6.07, 6.45) is 0. The van der Waals surface area contributed by atoms with Crippen molar-refractivity contribution in [3.63, 3.8) is 0 Å². The second kappa shape index (κ2) is 5.68. The summed E-state index contributed by atoms with van der Waals surface area (Å²) in [6, 6.07) is 0. The fourth-order valence-electron chi connectivity index (χ4n) is 1.03. The first-order valence-electron chi connectivity index (χ1n) is 5.54. The van der Waals surface area contributed by atoms with E-state index in [1.165, 1.54) is 0 Å². The van der Waals surface area contributed by atoms with Crippen molar-refractivity contribution in [2.24, 2.45) is 11.7 Å². The van der Waals surface area contributed by atoms with Crippen LogP contribution in [0.4, 0.5) is 0 Å². The molecule has 4 nitrogen and oxygen atoms in total. The van der Waals surface area contributed by atoms with Crippen LogP contribution in [0.25, 0.3) is 0 Å². The van der Waals surface area contributed by atoms with Crippen molar-refractivity contribution in [3.8, 4) is 0 Å². The molecule has 1 heterocycles. The second-order valence-corrected chi connectivity index (χ2v) is 6.15. The van der Waals surface area contributed by atoms with Crippen LogP contribution in [0.5, 0.6) is 0 Å². The summed E-state index contributed by atoms with van der Waals surface area (Å²) in [5.74, 6) is 3.82. The van der Waals surface area contributed by atoms with Crippen molar-refractivity contribution < 1.29 is 4.52 Å². The molecule has 0 spiro atoms. The van der Waals surface area contributed by atoms with Gasteiger partial charge in [-0.3, -0.25) is 0 Å². The molecule has 1 atom stereocenters. The van der Waals surface area contributed by atoms with E-state index in [-0.39, 0.29) is 5.41 Å². The van der Waals surface area contributed by atoms with Crippen molar-refractivity contribution in [2.75, 3.05) is 12.3 Å². The third-order valence-electron chi connectivity index (χ3n) is 2.17. The number of aromatic nitrogens is 2. The molecular formula is C11H21N3OS. The van der Waals surface area contributed by atoms with Crippen LogP contribution in [0, 0.1) is 5.92 Å². The minimum absolute atomic E-state index is 0.0447. The highest BCUT2D eigenvalue weighted by Gasteiger charge is 2.20. The van der Waals surface area contributed by atoms with Crippen LogP contribution in [0.3, 0.4) is 0 Å². The van der Waals surface area contributed by atoms with E-state index in [0.717, 1.165) is 23.9 Å². The van der Waals surface area contributed by atoms with Gasteiger partial charge in [-0.2, -0.15) is 16.7 Å². The first-order valence-corrected chi connectivity index (χ1v) is 6.70. The minimum Gasteiger partial charge on any atom is -0.338 e. The maximum atomic E-state index is 5.55. The Morgan fingerprint density at radius 1 is 1.44 bits per heavy atom. The first-order chi connectivity index (χ1) is 7.43. The molecule has 2 N–H and O–H groups in total. The highest BCUT2D eigenvalue weighted by molar-refractivity contribution is 7.98. The van der Waals surface area contributed by atoms with Crippen LogP contribution in [-0.2, 0) is 11.2 Å². The lowest BCUT2D eigenvalue weighted by Crippen LogP contribution is -2.13. The molecular weight excluding hydrogens is 222 g/mol. The first kappa shape index (κ1) is 13.5.